The van der Waals surface area contributed by atoms with Gasteiger partial charge in [-0.05, 0) is 36.8 Å². The molecule has 0 radical (unpaired) electrons. The lowest BCUT2D eigenvalue weighted by Crippen LogP contribution is -2.23. The molecule has 0 unspecified atom stereocenters. The molecule has 0 saturated heterocycles. The van der Waals surface area contributed by atoms with Crippen LogP contribution in [0.5, 0.6) is 11.5 Å². The van der Waals surface area contributed by atoms with Crippen molar-refractivity contribution < 1.29 is 19.1 Å². The lowest BCUT2D eigenvalue weighted by Gasteiger charge is -2.16. The molecule has 2 aromatic rings. The van der Waals surface area contributed by atoms with Crippen LogP contribution in [0.3, 0.4) is 0 Å². The minimum Gasteiger partial charge on any atom is -0.496 e. The molecule has 0 aromatic heterocycles. The van der Waals surface area contributed by atoms with Gasteiger partial charge in [-0.1, -0.05) is 12.1 Å². The van der Waals surface area contributed by atoms with Crippen LogP contribution in [0.2, 0.25) is 0 Å². The van der Waals surface area contributed by atoms with E-state index in [1.165, 1.54) is 14.2 Å². The van der Waals surface area contributed by atoms with E-state index in [1.54, 1.807) is 30.3 Å². The number of hydrogen-bond donors (Lipinski definition) is 3. The van der Waals surface area contributed by atoms with Gasteiger partial charge in [-0.15, -0.1) is 0 Å². The fraction of sp³-hybridized carbons (Fsp3) is 0.222. The Bertz CT molecular complexity index is 768. The van der Waals surface area contributed by atoms with Crippen molar-refractivity contribution in [1.29, 1.82) is 0 Å². The van der Waals surface area contributed by atoms with E-state index in [0.717, 1.165) is 5.56 Å². The van der Waals surface area contributed by atoms with Crippen molar-refractivity contribution in [3.63, 3.8) is 0 Å². The molecule has 0 heterocycles. The Morgan fingerprint density at radius 2 is 1.64 bits per heavy atom. The van der Waals surface area contributed by atoms with E-state index >= 15 is 0 Å². The minimum absolute atomic E-state index is 0.151. The van der Waals surface area contributed by atoms with Crippen molar-refractivity contribution >= 4 is 23.2 Å². The average Bonchev–Trinajstić information content (AvgIpc) is 2.62. The summed E-state index contributed by atoms with van der Waals surface area (Å²) in [5.74, 6) is 0.00498. The Kier molecular flexibility index (Phi) is 5.97. The van der Waals surface area contributed by atoms with Gasteiger partial charge >= 0.3 is 0 Å². The molecule has 2 rings (SSSR count). The molecule has 0 aliphatic rings. The first-order valence-corrected chi connectivity index (χ1v) is 7.63. The summed E-state index contributed by atoms with van der Waals surface area (Å²) in [6, 6.07) is 10.4. The largest absolute Gasteiger partial charge is 0.496 e. The Balaban J connectivity index is 2.37. The monoisotopic (exact) mass is 343 g/mol. The highest BCUT2D eigenvalue weighted by molar-refractivity contribution is 6.10. The third-order valence-corrected chi connectivity index (χ3v) is 3.54. The van der Waals surface area contributed by atoms with Crippen molar-refractivity contribution in [3.8, 4) is 11.5 Å². The fourth-order valence-corrected chi connectivity index (χ4v) is 2.33. The molecule has 2 amide bonds. The van der Waals surface area contributed by atoms with E-state index in [9.17, 15) is 9.59 Å². The number of ether oxygens (including phenoxy) is 2. The summed E-state index contributed by atoms with van der Waals surface area (Å²) in [5, 5.41) is 5.45. The molecule has 0 atom stereocenters. The van der Waals surface area contributed by atoms with E-state index in [4.69, 9.17) is 15.2 Å². The van der Waals surface area contributed by atoms with E-state index in [-0.39, 0.29) is 18.0 Å². The van der Waals surface area contributed by atoms with Gasteiger partial charge in [0.25, 0.3) is 5.91 Å². The number of methoxy groups -OCH3 is 2. The van der Waals surface area contributed by atoms with Gasteiger partial charge in [-0.25, -0.2) is 0 Å². The van der Waals surface area contributed by atoms with E-state index in [1.807, 2.05) is 13.0 Å². The van der Waals surface area contributed by atoms with E-state index in [0.29, 0.717) is 22.9 Å². The SMILES string of the molecule is COc1cccc(OC)c1C(=O)Nc1ccc(C)cc1NC(=O)CN. The Labute approximate surface area is 146 Å². The van der Waals surface area contributed by atoms with Gasteiger partial charge < -0.3 is 25.8 Å². The summed E-state index contributed by atoms with van der Waals surface area (Å²) < 4.78 is 10.5. The van der Waals surface area contributed by atoms with Gasteiger partial charge in [0.1, 0.15) is 17.1 Å². The molecule has 0 fully saturated rings. The Morgan fingerprint density at radius 3 is 2.20 bits per heavy atom. The average molecular weight is 343 g/mol. The molecule has 7 heteroatoms. The summed E-state index contributed by atoms with van der Waals surface area (Å²) in [4.78, 5) is 24.4. The second-order valence-electron chi connectivity index (χ2n) is 5.29. The highest BCUT2D eigenvalue weighted by Gasteiger charge is 2.19. The van der Waals surface area contributed by atoms with Crippen LogP contribution >= 0.6 is 0 Å². The van der Waals surface area contributed by atoms with Crippen LogP contribution in [-0.4, -0.2) is 32.6 Å². The first kappa shape index (κ1) is 18.3. The molecule has 132 valence electrons. The summed E-state index contributed by atoms with van der Waals surface area (Å²) in [7, 11) is 2.95. The topological polar surface area (TPSA) is 103 Å². The maximum atomic E-state index is 12.8. The quantitative estimate of drug-likeness (QED) is 0.746. The van der Waals surface area contributed by atoms with Crippen molar-refractivity contribution in [2.75, 3.05) is 31.4 Å². The third kappa shape index (κ3) is 4.27. The van der Waals surface area contributed by atoms with Crippen LogP contribution in [0, 0.1) is 6.92 Å². The molecule has 0 spiro atoms. The second-order valence-corrected chi connectivity index (χ2v) is 5.29. The van der Waals surface area contributed by atoms with Crippen LogP contribution in [0.1, 0.15) is 15.9 Å². The standard InChI is InChI=1S/C18H21N3O4/c1-11-7-8-12(13(9-11)20-16(22)10-19)21-18(23)17-14(24-2)5-4-6-15(17)25-3/h4-9H,10,19H2,1-3H3,(H,20,22)(H,21,23). The van der Waals surface area contributed by atoms with Crippen molar-refractivity contribution in [2.24, 2.45) is 5.73 Å². The van der Waals surface area contributed by atoms with Gasteiger partial charge in [-0.2, -0.15) is 0 Å². The summed E-state index contributed by atoms with van der Waals surface area (Å²) in [5.41, 5.74) is 7.46. The van der Waals surface area contributed by atoms with Gasteiger partial charge in [0.15, 0.2) is 0 Å². The number of nitrogens with two attached hydrogens (primary N) is 1. The maximum Gasteiger partial charge on any atom is 0.263 e. The van der Waals surface area contributed by atoms with Gasteiger partial charge in [0.2, 0.25) is 5.91 Å². The lowest BCUT2D eigenvalue weighted by molar-refractivity contribution is -0.114. The number of nitrogens with one attached hydrogen (secondary N) is 2. The zero-order valence-electron chi connectivity index (χ0n) is 14.4. The molecular weight excluding hydrogens is 322 g/mol. The molecule has 0 aliphatic heterocycles. The molecule has 2 aromatic carbocycles. The first-order valence-electron chi connectivity index (χ1n) is 7.63. The van der Waals surface area contributed by atoms with Gasteiger partial charge in [0, 0.05) is 0 Å². The molecule has 25 heavy (non-hydrogen) atoms. The van der Waals surface area contributed by atoms with Crippen LogP contribution in [0.25, 0.3) is 0 Å². The molecule has 0 saturated carbocycles. The van der Waals surface area contributed by atoms with Crippen molar-refractivity contribution in [1.82, 2.24) is 0 Å². The predicted molar refractivity (Wildman–Crippen MR) is 96.4 cm³/mol. The van der Waals surface area contributed by atoms with Crippen molar-refractivity contribution in [3.05, 3.63) is 47.5 Å². The minimum atomic E-state index is -0.415. The molecule has 7 nitrogen and oxygen atoms in total. The number of carbonyl (C=O) groups excluding carboxylic acids is 2. The Hall–Kier alpha value is -3.06. The summed E-state index contributed by atoms with van der Waals surface area (Å²) in [6.45, 7) is 1.73. The number of carbonyl (C=O) groups is 2. The number of aryl methyl sites for hydroxylation is 1. The molecule has 0 bridgehead atoms. The van der Waals surface area contributed by atoms with E-state index < -0.39 is 5.91 Å². The number of anilines is 2. The molecule has 0 aliphatic carbocycles. The molecule has 4 N–H and O–H groups in total. The number of amides is 2. The second kappa shape index (κ2) is 8.16. The van der Waals surface area contributed by atoms with Crippen molar-refractivity contribution in [2.45, 2.75) is 6.92 Å². The van der Waals surface area contributed by atoms with E-state index in [2.05, 4.69) is 10.6 Å². The smallest absolute Gasteiger partial charge is 0.263 e. The zero-order chi connectivity index (χ0) is 18.4. The number of rotatable bonds is 6. The van der Waals surface area contributed by atoms with Gasteiger partial charge in [-0.3, -0.25) is 9.59 Å². The fourth-order valence-electron chi connectivity index (χ4n) is 2.33. The van der Waals surface area contributed by atoms with Crippen LogP contribution in [-0.2, 0) is 4.79 Å². The summed E-state index contributed by atoms with van der Waals surface area (Å²) in [6.07, 6.45) is 0. The maximum absolute atomic E-state index is 12.8. The third-order valence-electron chi connectivity index (χ3n) is 3.54. The van der Waals surface area contributed by atoms with Crippen LogP contribution in [0.4, 0.5) is 11.4 Å². The predicted octanol–water partition coefficient (Wildman–Crippen LogP) is 2.16. The van der Waals surface area contributed by atoms with Gasteiger partial charge in [0.05, 0.1) is 32.1 Å². The molecular formula is C18H21N3O4. The van der Waals surface area contributed by atoms with Crippen LogP contribution < -0.4 is 25.8 Å². The Morgan fingerprint density at radius 1 is 1.00 bits per heavy atom. The zero-order valence-corrected chi connectivity index (χ0v) is 14.4. The highest BCUT2D eigenvalue weighted by Crippen LogP contribution is 2.30. The highest BCUT2D eigenvalue weighted by atomic mass is 16.5. The van der Waals surface area contributed by atoms with Crippen LogP contribution in [0.15, 0.2) is 36.4 Å². The summed E-state index contributed by atoms with van der Waals surface area (Å²) >= 11 is 0. The number of benzene rings is 2. The number of hydrogen-bond acceptors (Lipinski definition) is 5. The normalized spacial score (nSPS) is 10.1. The lowest BCUT2D eigenvalue weighted by atomic mass is 10.1. The first-order chi connectivity index (χ1) is 12.0.